The summed E-state index contributed by atoms with van der Waals surface area (Å²) in [4.78, 5) is 20.9. The Hall–Kier alpha value is -1.74. The summed E-state index contributed by atoms with van der Waals surface area (Å²) in [6.07, 6.45) is 2.64. The van der Waals surface area contributed by atoms with Crippen LogP contribution >= 0.6 is 7.60 Å². The van der Waals surface area contributed by atoms with Crippen LogP contribution in [0.5, 0.6) is 5.75 Å². The van der Waals surface area contributed by atoms with Gasteiger partial charge in [-0.3, -0.25) is 4.57 Å². The van der Waals surface area contributed by atoms with E-state index in [2.05, 4.69) is 0 Å². The first kappa shape index (κ1) is 29.8. The zero-order valence-electron chi connectivity index (χ0n) is 22.3. The number of hydroxylamine groups is 2. The molecular formula is C27H40NO7PS. The average molecular weight is 554 g/mol. The molecule has 8 nitrogen and oxygen atoms in total. The van der Waals surface area contributed by atoms with Crippen molar-refractivity contribution >= 4 is 17.4 Å². The first-order valence-electron chi connectivity index (χ1n) is 12.9. The van der Waals surface area contributed by atoms with E-state index in [-0.39, 0.29) is 34.8 Å². The highest BCUT2D eigenvalue weighted by atomic mass is 32.2. The molecule has 1 heterocycles. The average Bonchev–Trinajstić information content (AvgIpc) is 2.94. The van der Waals surface area contributed by atoms with Crippen LogP contribution in [0.3, 0.4) is 0 Å². The van der Waals surface area contributed by atoms with Crippen LogP contribution in [0.15, 0.2) is 47.4 Å². The predicted octanol–water partition coefficient (Wildman–Crippen LogP) is 5.80. The molecule has 206 valence electrons. The van der Waals surface area contributed by atoms with Crippen molar-refractivity contribution in [1.82, 2.24) is 5.06 Å². The van der Waals surface area contributed by atoms with Crippen LogP contribution in [0.25, 0.3) is 0 Å². The van der Waals surface area contributed by atoms with E-state index in [0.717, 1.165) is 12.8 Å². The van der Waals surface area contributed by atoms with Crippen LogP contribution in [-0.4, -0.2) is 46.9 Å². The standard InChI is InChI=1S/C27H40NO7PS/c1-6-10-16-26(7-2)19-37(33,34)24-18-22(27(8-3,9-4)36(30,31)32)23(35-5)17-21(24)25(28(26)29)20-14-12-11-13-15-20/h11-15,17-18,25,29H,6-10,16,19H2,1-5H3,(H2,30,31,32)/t25-,26-/m1/s1. The van der Waals surface area contributed by atoms with Crippen molar-refractivity contribution in [2.24, 2.45) is 0 Å². The number of hydrogen-bond acceptors (Lipinski definition) is 6. The third-order valence-electron chi connectivity index (χ3n) is 8.15. The Bertz CT molecular complexity index is 1240. The lowest BCUT2D eigenvalue weighted by Crippen LogP contribution is -2.51. The van der Waals surface area contributed by atoms with Gasteiger partial charge in [-0.2, -0.15) is 5.06 Å². The number of nitrogens with zero attached hydrogens (tertiary/aromatic N) is 1. The van der Waals surface area contributed by atoms with Gasteiger partial charge in [-0.15, -0.1) is 0 Å². The van der Waals surface area contributed by atoms with E-state index in [4.69, 9.17) is 4.74 Å². The molecule has 1 aliphatic heterocycles. The fraction of sp³-hybridized carbons (Fsp3) is 0.556. The molecule has 37 heavy (non-hydrogen) atoms. The lowest BCUT2D eigenvalue weighted by molar-refractivity contribution is -0.193. The normalized spacial score (nSPS) is 22.3. The Labute approximate surface area is 220 Å². The molecule has 2 aromatic carbocycles. The number of methoxy groups -OCH3 is 1. The van der Waals surface area contributed by atoms with E-state index in [1.807, 2.05) is 44.2 Å². The molecule has 3 N–H and O–H groups in total. The number of rotatable bonds is 10. The van der Waals surface area contributed by atoms with Crippen LogP contribution in [0.2, 0.25) is 0 Å². The highest BCUT2D eigenvalue weighted by Crippen LogP contribution is 2.63. The van der Waals surface area contributed by atoms with Crippen LogP contribution in [-0.2, 0) is 19.6 Å². The van der Waals surface area contributed by atoms with Gasteiger partial charge in [-0.1, -0.05) is 70.9 Å². The van der Waals surface area contributed by atoms with E-state index in [1.54, 1.807) is 19.9 Å². The Kier molecular flexibility index (Phi) is 9.00. The van der Waals surface area contributed by atoms with Crippen molar-refractivity contribution in [3.8, 4) is 5.75 Å². The van der Waals surface area contributed by atoms with Crippen molar-refractivity contribution in [1.29, 1.82) is 0 Å². The summed E-state index contributed by atoms with van der Waals surface area (Å²) in [6.45, 7) is 7.26. The summed E-state index contributed by atoms with van der Waals surface area (Å²) >= 11 is 0. The molecule has 0 bridgehead atoms. The minimum atomic E-state index is -4.72. The van der Waals surface area contributed by atoms with Gasteiger partial charge in [0.15, 0.2) is 9.84 Å². The monoisotopic (exact) mass is 553 g/mol. The third kappa shape index (κ3) is 5.14. The molecule has 0 aliphatic carbocycles. The molecule has 2 aromatic rings. The second-order valence-corrected chi connectivity index (χ2v) is 13.9. The molecule has 0 saturated heterocycles. The predicted molar refractivity (Wildman–Crippen MR) is 144 cm³/mol. The van der Waals surface area contributed by atoms with Gasteiger partial charge in [-0.05, 0) is 48.9 Å². The summed E-state index contributed by atoms with van der Waals surface area (Å²) < 4.78 is 46.6. The number of benzene rings is 2. The smallest absolute Gasteiger partial charge is 0.336 e. The molecule has 0 spiro atoms. The number of fused-ring (bicyclic) bond motifs is 1. The van der Waals surface area contributed by atoms with Gasteiger partial charge in [0.05, 0.1) is 29.3 Å². The van der Waals surface area contributed by atoms with E-state index in [0.29, 0.717) is 24.0 Å². The minimum absolute atomic E-state index is 0.0252. The van der Waals surface area contributed by atoms with Crippen molar-refractivity contribution in [3.05, 3.63) is 59.2 Å². The number of sulfone groups is 1. The van der Waals surface area contributed by atoms with Gasteiger partial charge in [0.1, 0.15) is 10.9 Å². The van der Waals surface area contributed by atoms with E-state index in [1.165, 1.54) is 18.2 Å². The summed E-state index contributed by atoms with van der Waals surface area (Å²) in [5, 5.41) is 11.4. The summed E-state index contributed by atoms with van der Waals surface area (Å²) in [7, 11) is -7.31. The second kappa shape index (κ2) is 11.2. The zero-order valence-corrected chi connectivity index (χ0v) is 24.1. The topological polar surface area (TPSA) is 124 Å². The Morgan fingerprint density at radius 2 is 1.73 bits per heavy atom. The summed E-state index contributed by atoms with van der Waals surface area (Å²) in [6, 6.07) is 11.3. The van der Waals surface area contributed by atoms with Gasteiger partial charge in [0.2, 0.25) is 0 Å². The minimum Gasteiger partial charge on any atom is -0.496 e. The van der Waals surface area contributed by atoms with Crippen molar-refractivity contribution in [3.63, 3.8) is 0 Å². The number of ether oxygens (including phenoxy) is 1. The molecule has 0 saturated carbocycles. The van der Waals surface area contributed by atoms with Gasteiger partial charge < -0.3 is 19.7 Å². The fourth-order valence-electron chi connectivity index (χ4n) is 5.78. The Morgan fingerprint density at radius 1 is 1.11 bits per heavy atom. The largest absolute Gasteiger partial charge is 0.496 e. The first-order valence-corrected chi connectivity index (χ1v) is 16.2. The van der Waals surface area contributed by atoms with E-state index < -0.39 is 34.2 Å². The molecule has 0 amide bonds. The quantitative estimate of drug-likeness (QED) is 0.316. The summed E-state index contributed by atoms with van der Waals surface area (Å²) in [5.74, 6) is -0.121. The van der Waals surface area contributed by atoms with Crippen LogP contribution in [0, 0.1) is 0 Å². The molecule has 1 aliphatic rings. The van der Waals surface area contributed by atoms with Gasteiger partial charge in [-0.25, -0.2) is 8.42 Å². The number of hydrogen-bond donors (Lipinski definition) is 3. The first-order chi connectivity index (χ1) is 17.4. The SMILES string of the molecule is CCCC[C@]1(CC)CS(=O)(=O)c2cc(C(CC)(CC)P(=O)(O)O)c(OC)cc2[C@@H](c2ccccc2)N1O. The maximum absolute atomic E-state index is 14.1. The second-order valence-electron chi connectivity index (χ2n) is 9.97. The van der Waals surface area contributed by atoms with Gasteiger partial charge >= 0.3 is 7.60 Å². The van der Waals surface area contributed by atoms with E-state index in [9.17, 15) is 28.0 Å². The van der Waals surface area contributed by atoms with Gasteiger partial charge in [0.25, 0.3) is 0 Å². The molecule has 2 atom stereocenters. The maximum atomic E-state index is 14.1. The van der Waals surface area contributed by atoms with Crippen LogP contribution in [0.4, 0.5) is 0 Å². The molecule has 0 fully saturated rings. The highest BCUT2D eigenvalue weighted by Gasteiger charge is 2.51. The fourth-order valence-corrected chi connectivity index (χ4v) is 9.27. The zero-order chi connectivity index (χ0) is 27.6. The maximum Gasteiger partial charge on any atom is 0.336 e. The third-order valence-corrected chi connectivity index (χ3v) is 12.1. The Balaban J connectivity index is 2.46. The van der Waals surface area contributed by atoms with Crippen molar-refractivity contribution in [2.75, 3.05) is 12.9 Å². The molecule has 0 unspecified atom stereocenters. The molecule has 0 aromatic heterocycles. The van der Waals surface area contributed by atoms with E-state index >= 15 is 0 Å². The van der Waals surface area contributed by atoms with Gasteiger partial charge in [0, 0.05) is 5.56 Å². The van der Waals surface area contributed by atoms with Crippen LogP contribution in [0.1, 0.15) is 89.0 Å². The van der Waals surface area contributed by atoms with Crippen molar-refractivity contribution in [2.45, 2.75) is 87.9 Å². The highest BCUT2D eigenvalue weighted by molar-refractivity contribution is 7.91. The lowest BCUT2D eigenvalue weighted by atomic mass is 9.86. The summed E-state index contributed by atoms with van der Waals surface area (Å²) in [5.41, 5.74) is 0.162. The molecule has 10 heteroatoms. The van der Waals surface area contributed by atoms with Crippen LogP contribution < -0.4 is 4.74 Å². The lowest BCUT2D eigenvalue weighted by Gasteiger charge is -2.42. The van der Waals surface area contributed by atoms with Crippen molar-refractivity contribution < 1.29 is 32.7 Å². The molecule has 3 rings (SSSR count). The molecule has 0 radical (unpaired) electrons. The Morgan fingerprint density at radius 3 is 2.22 bits per heavy atom. The molecular weight excluding hydrogens is 513 g/mol. The number of unbranched alkanes of at least 4 members (excludes halogenated alkanes) is 1.